The van der Waals surface area contributed by atoms with Gasteiger partial charge in [0.05, 0.1) is 20.5 Å². The highest BCUT2D eigenvalue weighted by Gasteiger charge is 2.42. The lowest BCUT2D eigenvalue weighted by molar-refractivity contribution is 0.482. The summed E-state index contributed by atoms with van der Waals surface area (Å²) in [7, 11) is -2.25. The SMILES string of the molecule is CN1C(N)=N[C@](C)(c2sc(-c3nnc(-c4ncccn4)o3)cc2Cl)CS1(=O)=O. The Hall–Kier alpha value is -2.57. The number of guanidine groups is 1. The molecule has 4 rings (SSSR count). The fraction of sp³-hybridized carbons (Fsp3) is 0.267. The van der Waals surface area contributed by atoms with E-state index in [4.69, 9.17) is 21.8 Å². The molecule has 0 fully saturated rings. The van der Waals surface area contributed by atoms with Crippen LogP contribution in [0.1, 0.15) is 11.8 Å². The number of thiophene rings is 1. The van der Waals surface area contributed by atoms with Gasteiger partial charge in [0, 0.05) is 19.4 Å². The number of aliphatic imine (C=N–C) groups is 1. The molecule has 10 nitrogen and oxygen atoms in total. The van der Waals surface area contributed by atoms with Crippen LogP contribution in [-0.4, -0.2) is 51.6 Å². The maximum absolute atomic E-state index is 12.4. The zero-order chi connectivity index (χ0) is 20.1. The summed E-state index contributed by atoms with van der Waals surface area (Å²) in [5.41, 5.74) is 4.68. The topological polar surface area (TPSA) is 140 Å². The largest absolute Gasteiger partial charge is 0.413 e. The third kappa shape index (κ3) is 3.12. The second kappa shape index (κ2) is 6.50. The van der Waals surface area contributed by atoms with E-state index in [1.165, 1.54) is 18.4 Å². The Morgan fingerprint density at radius 2 is 1.96 bits per heavy atom. The summed E-state index contributed by atoms with van der Waals surface area (Å²) >= 11 is 7.61. The van der Waals surface area contributed by atoms with Gasteiger partial charge in [0.2, 0.25) is 21.8 Å². The molecule has 3 aromatic heterocycles. The standard InChI is InChI=1S/C15H14ClN7O3S2/c1-15(7-28(24,25)23(2)14(17)20-15)10-8(16)6-9(27-10)12-21-22-13(26-12)11-18-4-3-5-19-11/h3-6H,7H2,1-2H3,(H2,17,20)/t15-/m0/s1. The van der Waals surface area contributed by atoms with Crippen molar-refractivity contribution in [3.63, 3.8) is 0 Å². The van der Waals surface area contributed by atoms with Crippen molar-refractivity contribution in [3.05, 3.63) is 34.4 Å². The summed E-state index contributed by atoms with van der Waals surface area (Å²) in [6.45, 7) is 1.67. The van der Waals surface area contributed by atoms with Crippen molar-refractivity contribution in [2.45, 2.75) is 12.5 Å². The highest BCUT2D eigenvalue weighted by atomic mass is 35.5. The van der Waals surface area contributed by atoms with Gasteiger partial charge in [-0.15, -0.1) is 21.5 Å². The summed E-state index contributed by atoms with van der Waals surface area (Å²) in [5.74, 6) is 0.328. The molecule has 2 N–H and O–H groups in total. The number of aromatic nitrogens is 4. The first-order valence-electron chi connectivity index (χ1n) is 7.93. The summed E-state index contributed by atoms with van der Waals surface area (Å²) in [5, 5.41) is 8.30. The number of sulfonamides is 1. The van der Waals surface area contributed by atoms with Crippen LogP contribution in [0.5, 0.6) is 0 Å². The Balaban J connectivity index is 1.73. The summed E-state index contributed by atoms with van der Waals surface area (Å²) in [4.78, 5) is 13.6. The van der Waals surface area contributed by atoms with Crippen molar-refractivity contribution in [1.29, 1.82) is 0 Å². The lowest BCUT2D eigenvalue weighted by Gasteiger charge is -2.33. The Labute approximate surface area is 169 Å². The van der Waals surface area contributed by atoms with Gasteiger partial charge in [-0.3, -0.25) is 0 Å². The van der Waals surface area contributed by atoms with E-state index in [-0.39, 0.29) is 23.5 Å². The van der Waals surface area contributed by atoms with Gasteiger partial charge in [-0.05, 0) is 19.1 Å². The Morgan fingerprint density at radius 3 is 2.64 bits per heavy atom. The molecule has 0 unspecified atom stereocenters. The summed E-state index contributed by atoms with van der Waals surface area (Å²) < 4.78 is 31.4. The molecule has 0 spiro atoms. The van der Waals surface area contributed by atoms with Crippen molar-refractivity contribution in [3.8, 4) is 22.5 Å². The summed E-state index contributed by atoms with van der Waals surface area (Å²) in [6, 6.07) is 3.31. The predicted octanol–water partition coefficient (Wildman–Crippen LogP) is 1.71. The fourth-order valence-corrected chi connectivity index (χ4v) is 5.81. The molecule has 28 heavy (non-hydrogen) atoms. The Morgan fingerprint density at radius 1 is 1.29 bits per heavy atom. The Bertz CT molecular complexity index is 1180. The van der Waals surface area contributed by atoms with Crippen molar-refractivity contribution in [2.24, 2.45) is 10.7 Å². The van der Waals surface area contributed by atoms with Crippen LogP contribution in [0, 0.1) is 0 Å². The number of rotatable bonds is 3. The highest BCUT2D eigenvalue weighted by Crippen LogP contribution is 2.44. The molecule has 0 bridgehead atoms. The van der Waals surface area contributed by atoms with E-state index < -0.39 is 15.6 Å². The maximum Gasteiger partial charge on any atom is 0.286 e. The quantitative estimate of drug-likeness (QED) is 0.650. The molecule has 0 amide bonds. The number of nitrogens with zero attached hydrogens (tertiary/aromatic N) is 6. The van der Waals surface area contributed by atoms with Crippen LogP contribution < -0.4 is 5.73 Å². The molecule has 0 radical (unpaired) electrons. The van der Waals surface area contributed by atoms with Crippen LogP contribution in [0.3, 0.4) is 0 Å². The highest BCUT2D eigenvalue weighted by molar-refractivity contribution is 7.89. The average Bonchev–Trinajstić information content (AvgIpc) is 3.27. The van der Waals surface area contributed by atoms with E-state index in [2.05, 4.69) is 25.2 Å². The monoisotopic (exact) mass is 439 g/mol. The molecule has 13 heteroatoms. The zero-order valence-corrected chi connectivity index (χ0v) is 17.1. The number of hydrogen-bond donors (Lipinski definition) is 1. The molecular weight excluding hydrogens is 426 g/mol. The molecule has 0 saturated heterocycles. The van der Waals surface area contributed by atoms with Crippen molar-refractivity contribution in [2.75, 3.05) is 12.8 Å². The average molecular weight is 440 g/mol. The lowest BCUT2D eigenvalue weighted by atomic mass is 10.0. The minimum atomic E-state index is -3.61. The number of nitrogens with two attached hydrogens (primary N) is 1. The van der Waals surface area contributed by atoms with Crippen LogP contribution >= 0.6 is 22.9 Å². The second-order valence-electron chi connectivity index (χ2n) is 6.24. The molecular formula is C15H14ClN7O3S2. The third-order valence-corrected chi connectivity index (χ3v) is 7.87. The smallest absolute Gasteiger partial charge is 0.286 e. The van der Waals surface area contributed by atoms with Gasteiger partial charge >= 0.3 is 0 Å². The molecule has 0 saturated carbocycles. The first-order chi connectivity index (χ1) is 13.2. The normalized spacial score (nSPS) is 21.5. The van der Waals surface area contributed by atoms with Gasteiger partial charge in [-0.1, -0.05) is 11.6 Å². The minimum Gasteiger partial charge on any atom is -0.413 e. The van der Waals surface area contributed by atoms with E-state index in [0.717, 1.165) is 4.31 Å². The summed E-state index contributed by atoms with van der Waals surface area (Å²) in [6.07, 6.45) is 3.13. The van der Waals surface area contributed by atoms with Crippen molar-refractivity contribution >= 4 is 38.9 Å². The van der Waals surface area contributed by atoms with Gasteiger partial charge in [0.15, 0.2) is 0 Å². The molecule has 4 heterocycles. The number of hydrogen-bond acceptors (Lipinski definition) is 10. The molecule has 1 aliphatic rings. The van der Waals surface area contributed by atoms with Gasteiger partial charge < -0.3 is 10.2 Å². The molecule has 1 aliphatic heterocycles. The first-order valence-corrected chi connectivity index (χ1v) is 10.7. The Kier molecular flexibility index (Phi) is 4.36. The zero-order valence-electron chi connectivity index (χ0n) is 14.7. The van der Waals surface area contributed by atoms with Gasteiger partial charge in [0.25, 0.3) is 11.8 Å². The van der Waals surface area contributed by atoms with Crippen LogP contribution in [0.4, 0.5) is 0 Å². The van der Waals surface area contributed by atoms with Gasteiger partial charge in [0.1, 0.15) is 5.54 Å². The van der Waals surface area contributed by atoms with Gasteiger partial charge in [-0.25, -0.2) is 27.7 Å². The van der Waals surface area contributed by atoms with Crippen LogP contribution in [0.2, 0.25) is 5.02 Å². The van der Waals surface area contributed by atoms with E-state index in [1.54, 1.807) is 31.5 Å². The van der Waals surface area contributed by atoms with E-state index in [1.807, 2.05) is 0 Å². The second-order valence-corrected chi connectivity index (χ2v) is 9.70. The fourth-order valence-electron chi connectivity index (χ4n) is 2.73. The van der Waals surface area contributed by atoms with Crippen molar-refractivity contribution in [1.82, 2.24) is 24.5 Å². The molecule has 1 atom stereocenters. The lowest BCUT2D eigenvalue weighted by Crippen LogP contribution is -2.50. The van der Waals surface area contributed by atoms with Crippen LogP contribution in [0.15, 0.2) is 33.9 Å². The van der Waals surface area contributed by atoms with Crippen molar-refractivity contribution < 1.29 is 12.8 Å². The predicted molar refractivity (Wildman–Crippen MR) is 104 cm³/mol. The van der Waals surface area contributed by atoms with E-state index in [9.17, 15) is 8.42 Å². The van der Waals surface area contributed by atoms with Crippen LogP contribution in [0.25, 0.3) is 22.5 Å². The number of halogens is 1. The van der Waals surface area contributed by atoms with Crippen LogP contribution in [-0.2, 0) is 15.6 Å². The molecule has 0 aliphatic carbocycles. The third-order valence-electron chi connectivity index (χ3n) is 4.13. The van der Waals surface area contributed by atoms with E-state index in [0.29, 0.717) is 20.6 Å². The minimum absolute atomic E-state index is 0.0962. The van der Waals surface area contributed by atoms with Gasteiger partial charge in [-0.2, -0.15) is 0 Å². The molecule has 0 aromatic carbocycles. The molecule has 146 valence electrons. The van der Waals surface area contributed by atoms with E-state index >= 15 is 0 Å². The maximum atomic E-state index is 12.4. The first kappa shape index (κ1) is 18.8. The molecule has 3 aromatic rings.